The van der Waals surface area contributed by atoms with Crippen molar-refractivity contribution in [3.8, 4) is 0 Å². The largest absolute Gasteiger partial charge is 0.341 e. The predicted molar refractivity (Wildman–Crippen MR) is 251 cm³/mol. The molecule has 9 rings (SSSR count). The summed E-state index contributed by atoms with van der Waals surface area (Å²) in [6.45, 7) is 4.02. The summed E-state index contributed by atoms with van der Waals surface area (Å²) in [4.78, 5) is 0. The van der Waals surface area contributed by atoms with Gasteiger partial charge in [0.1, 0.15) is 12.2 Å². The van der Waals surface area contributed by atoms with E-state index in [4.69, 9.17) is 18.5 Å². The van der Waals surface area contributed by atoms with Gasteiger partial charge in [-0.15, -0.1) is 0 Å². The Balaban J connectivity index is 1.37. The lowest BCUT2D eigenvalue weighted by Crippen LogP contribution is -2.56. The van der Waals surface area contributed by atoms with Crippen LogP contribution in [0.1, 0.15) is 36.1 Å². The highest BCUT2D eigenvalue weighted by atomic mass is 31.1. The Kier molecular flexibility index (Phi) is 12.2. The van der Waals surface area contributed by atoms with E-state index in [0.29, 0.717) is 0 Å². The third-order valence-electron chi connectivity index (χ3n) is 11.1. The zero-order chi connectivity index (χ0) is 41.5. The first kappa shape index (κ1) is 40.8. The second-order valence-electron chi connectivity index (χ2n) is 15.5. The van der Waals surface area contributed by atoms with Crippen LogP contribution in [0.15, 0.2) is 243 Å². The molecule has 6 heteroatoms. The van der Waals surface area contributed by atoms with Gasteiger partial charge >= 0.3 is 0 Å². The Bertz CT molecular complexity index is 2230. The molecule has 0 saturated carbocycles. The van der Waals surface area contributed by atoms with Gasteiger partial charge in [-0.05, 0) is 36.1 Å². The molecule has 1 unspecified atom stereocenters. The fourth-order valence-corrected chi connectivity index (χ4v) is 12.4. The SMILES string of the molecule is CC1(C)OC(C(OP(c2ccccc2)c2ccccc2)(c2ccccc2)c2ccccc2)[C@H](C(OP(c2ccccc2)c2ccccc2)(c2ccccc2)c2ccccc2)O1. The molecule has 1 heterocycles. The van der Waals surface area contributed by atoms with Gasteiger partial charge in [-0.2, -0.15) is 0 Å². The van der Waals surface area contributed by atoms with Crippen molar-refractivity contribution in [3.05, 3.63) is 265 Å². The monoisotopic (exact) mass is 834 g/mol. The highest BCUT2D eigenvalue weighted by Crippen LogP contribution is 2.59. The highest BCUT2D eigenvalue weighted by Gasteiger charge is 2.64. The van der Waals surface area contributed by atoms with E-state index in [1.165, 1.54) is 0 Å². The van der Waals surface area contributed by atoms with Gasteiger partial charge in [-0.1, -0.05) is 243 Å². The van der Waals surface area contributed by atoms with Crippen LogP contribution in [0.4, 0.5) is 0 Å². The van der Waals surface area contributed by atoms with E-state index >= 15 is 0 Å². The summed E-state index contributed by atoms with van der Waals surface area (Å²) in [5.74, 6) is -1.07. The summed E-state index contributed by atoms with van der Waals surface area (Å²) in [6, 6.07) is 84.5. The molecule has 2 atom stereocenters. The van der Waals surface area contributed by atoms with Crippen molar-refractivity contribution in [3.63, 3.8) is 0 Å². The van der Waals surface area contributed by atoms with Gasteiger partial charge in [-0.25, -0.2) is 0 Å². The van der Waals surface area contributed by atoms with E-state index in [1.807, 2.05) is 13.8 Å². The van der Waals surface area contributed by atoms with Crippen LogP contribution in [-0.4, -0.2) is 18.0 Å². The second kappa shape index (κ2) is 18.2. The number of hydrogen-bond donors (Lipinski definition) is 0. The van der Waals surface area contributed by atoms with E-state index in [0.717, 1.165) is 43.5 Å². The van der Waals surface area contributed by atoms with E-state index in [1.54, 1.807) is 0 Å². The van der Waals surface area contributed by atoms with Gasteiger partial charge in [0.25, 0.3) is 0 Å². The van der Waals surface area contributed by atoms with Gasteiger partial charge in [0.2, 0.25) is 0 Å². The summed E-state index contributed by atoms with van der Waals surface area (Å²) in [5, 5.41) is 4.33. The molecule has 1 saturated heterocycles. The number of ether oxygens (including phenoxy) is 2. The molecule has 1 aliphatic heterocycles. The van der Waals surface area contributed by atoms with Crippen LogP contribution in [0.3, 0.4) is 0 Å². The van der Waals surface area contributed by atoms with Crippen LogP contribution in [0.5, 0.6) is 0 Å². The normalized spacial score (nSPS) is 16.5. The van der Waals surface area contributed by atoms with Crippen molar-refractivity contribution < 1.29 is 18.5 Å². The quantitative estimate of drug-likeness (QED) is 0.102. The molecule has 0 bridgehead atoms. The minimum atomic E-state index is -1.46. The summed E-state index contributed by atoms with van der Waals surface area (Å²) in [7, 11) is -2.92. The van der Waals surface area contributed by atoms with Crippen LogP contribution in [0.25, 0.3) is 0 Å². The average Bonchev–Trinajstić information content (AvgIpc) is 3.67. The number of benzene rings is 8. The third kappa shape index (κ3) is 8.29. The standard InChI is InChI=1S/C55H48O4P2/c1-53(2)56-51(54(43-27-11-3-12-28-43,44-29-13-4-14-30-44)58-60(47-35-19-7-20-36-47)48-37-21-8-22-38-48)52(57-53)55(45-31-15-5-16-32-45,46-33-17-6-18-34-46)59-61(49-39-23-9-24-40-49)50-41-25-10-26-42-50/h3-42,51-52H,1-2H3/t51-,52?/m1/s1. The molecule has 8 aromatic rings. The van der Waals surface area contributed by atoms with Crippen LogP contribution in [0, 0.1) is 0 Å². The fourth-order valence-electron chi connectivity index (χ4n) is 8.45. The second-order valence-corrected chi connectivity index (χ2v) is 19.1. The molecule has 1 fully saturated rings. The first-order valence-electron chi connectivity index (χ1n) is 20.7. The first-order chi connectivity index (χ1) is 30.0. The van der Waals surface area contributed by atoms with Crippen LogP contribution >= 0.6 is 16.3 Å². The topological polar surface area (TPSA) is 36.9 Å². The van der Waals surface area contributed by atoms with Crippen LogP contribution < -0.4 is 21.2 Å². The molecule has 0 aromatic heterocycles. The summed E-state index contributed by atoms with van der Waals surface area (Å²) < 4.78 is 31.4. The minimum Gasteiger partial charge on any atom is -0.341 e. The Hall–Kier alpha value is -5.54. The molecule has 1 aliphatic rings. The Morgan fingerprint density at radius 2 is 0.525 bits per heavy atom. The molecule has 0 N–H and O–H groups in total. The average molecular weight is 835 g/mol. The zero-order valence-electron chi connectivity index (χ0n) is 34.3. The van der Waals surface area contributed by atoms with Gasteiger partial charge < -0.3 is 18.5 Å². The van der Waals surface area contributed by atoms with Crippen molar-refractivity contribution in [2.75, 3.05) is 0 Å². The van der Waals surface area contributed by atoms with E-state index in [2.05, 4.69) is 243 Å². The van der Waals surface area contributed by atoms with Crippen molar-refractivity contribution in [2.45, 2.75) is 43.0 Å². The molecule has 0 amide bonds. The van der Waals surface area contributed by atoms with Gasteiger partial charge in [-0.3, -0.25) is 0 Å². The van der Waals surface area contributed by atoms with Crippen molar-refractivity contribution in [1.29, 1.82) is 0 Å². The van der Waals surface area contributed by atoms with E-state index in [9.17, 15) is 0 Å². The lowest BCUT2D eigenvalue weighted by atomic mass is 9.72. The number of hydrogen-bond acceptors (Lipinski definition) is 4. The van der Waals surface area contributed by atoms with Crippen molar-refractivity contribution >= 4 is 37.5 Å². The summed E-state index contributed by atoms with van der Waals surface area (Å²) in [6.07, 6.45) is -1.57. The van der Waals surface area contributed by atoms with Crippen molar-refractivity contribution in [2.24, 2.45) is 0 Å². The molecule has 61 heavy (non-hydrogen) atoms. The van der Waals surface area contributed by atoms with Crippen LogP contribution in [0.2, 0.25) is 0 Å². The predicted octanol–water partition coefficient (Wildman–Crippen LogP) is 11.5. The Morgan fingerprint density at radius 3 is 0.738 bits per heavy atom. The van der Waals surface area contributed by atoms with Gasteiger partial charge in [0.15, 0.2) is 17.0 Å². The van der Waals surface area contributed by atoms with Gasteiger partial charge in [0, 0.05) is 21.2 Å². The van der Waals surface area contributed by atoms with Crippen molar-refractivity contribution in [1.82, 2.24) is 0 Å². The lowest BCUT2D eigenvalue weighted by molar-refractivity contribution is -0.168. The van der Waals surface area contributed by atoms with Crippen LogP contribution in [-0.2, 0) is 29.7 Å². The molecule has 0 spiro atoms. The minimum absolute atomic E-state index is 0.784. The maximum absolute atomic E-state index is 8.14. The van der Waals surface area contributed by atoms with E-state index < -0.39 is 45.5 Å². The Labute approximate surface area is 362 Å². The molecular weight excluding hydrogens is 787 g/mol. The molecule has 8 aromatic carbocycles. The zero-order valence-corrected chi connectivity index (χ0v) is 36.1. The summed E-state index contributed by atoms with van der Waals surface area (Å²) >= 11 is 0. The van der Waals surface area contributed by atoms with Gasteiger partial charge in [0.05, 0.1) is 16.3 Å². The number of rotatable bonds is 14. The molecule has 4 nitrogen and oxygen atoms in total. The smallest absolute Gasteiger partial charge is 0.164 e. The maximum atomic E-state index is 8.14. The molecular formula is C55H48O4P2. The lowest BCUT2D eigenvalue weighted by Gasteiger charge is -2.48. The molecule has 302 valence electrons. The summed E-state index contributed by atoms with van der Waals surface area (Å²) in [5.41, 5.74) is 1.28. The first-order valence-corrected chi connectivity index (χ1v) is 23.3. The van der Waals surface area contributed by atoms with E-state index in [-0.39, 0.29) is 0 Å². The molecule has 0 radical (unpaired) electrons. The Morgan fingerprint density at radius 1 is 0.328 bits per heavy atom. The maximum Gasteiger partial charge on any atom is 0.164 e. The molecule has 0 aliphatic carbocycles. The highest BCUT2D eigenvalue weighted by molar-refractivity contribution is 7.69. The third-order valence-corrected chi connectivity index (χ3v) is 15.2. The fraction of sp³-hybridized carbons (Fsp3) is 0.127.